The first-order valence-electron chi connectivity index (χ1n) is 5.95. The number of hydrogen-bond acceptors (Lipinski definition) is 2. The fraction of sp³-hybridized carbons (Fsp3) is 1.00. The minimum absolute atomic E-state index is 0.119. The Labute approximate surface area is 90.6 Å². The highest BCUT2D eigenvalue weighted by Gasteiger charge is 2.44. The molecule has 4 heteroatoms. The van der Waals surface area contributed by atoms with Gasteiger partial charge in [-0.2, -0.15) is 0 Å². The molecule has 0 bridgehead atoms. The van der Waals surface area contributed by atoms with E-state index in [9.17, 15) is 0 Å². The third-order valence-electron chi connectivity index (χ3n) is 4.02. The van der Waals surface area contributed by atoms with Gasteiger partial charge in [-0.15, -0.1) is 0 Å². The van der Waals surface area contributed by atoms with Gasteiger partial charge in [0, 0.05) is 4.91 Å². The van der Waals surface area contributed by atoms with Crippen molar-refractivity contribution in [2.45, 2.75) is 57.2 Å². The summed E-state index contributed by atoms with van der Waals surface area (Å²) in [4.78, 5) is 2.80. The van der Waals surface area contributed by atoms with Crippen molar-refractivity contribution in [2.24, 2.45) is 11.0 Å². The fourth-order valence-electron chi connectivity index (χ4n) is 3.04. The molecule has 0 radical (unpaired) electrons. The van der Waals surface area contributed by atoms with Crippen molar-refractivity contribution in [1.82, 2.24) is 0 Å². The van der Waals surface area contributed by atoms with Crippen LogP contribution in [0.4, 0.5) is 0 Å². The average molecular weight is 209 g/mol. The van der Waals surface area contributed by atoms with Gasteiger partial charge >= 0.3 is 0 Å². The summed E-state index contributed by atoms with van der Waals surface area (Å²) < 4.78 is 6.14. The molecule has 4 nitrogen and oxygen atoms in total. The molecule has 2 rings (SSSR count). The maximum absolute atomic E-state index is 8.28. The van der Waals surface area contributed by atoms with Crippen LogP contribution in [-0.4, -0.2) is 18.2 Å². The first-order chi connectivity index (χ1) is 7.27. The Bertz CT molecular complexity index is 275. The summed E-state index contributed by atoms with van der Waals surface area (Å²) in [6, 6.07) is 0. The molecule has 1 heterocycles. The molecule has 2 aliphatic rings. The molecule has 0 aromatic rings. The highest BCUT2D eigenvalue weighted by atomic mass is 16.5. The van der Waals surface area contributed by atoms with Crippen LogP contribution in [0.5, 0.6) is 0 Å². The molecule has 1 saturated heterocycles. The third kappa shape index (κ3) is 2.11. The molecular weight excluding hydrogens is 190 g/mol. The van der Waals surface area contributed by atoms with Crippen molar-refractivity contribution < 1.29 is 4.74 Å². The van der Waals surface area contributed by atoms with E-state index in [2.05, 4.69) is 16.9 Å². The van der Waals surface area contributed by atoms with Crippen LogP contribution in [0.2, 0.25) is 0 Å². The summed E-state index contributed by atoms with van der Waals surface area (Å²) in [5.74, 6) is 0.669. The van der Waals surface area contributed by atoms with Gasteiger partial charge < -0.3 is 4.74 Å². The molecule has 1 saturated carbocycles. The van der Waals surface area contributed by atoms with Crippen molar-refractivity contribution >= 4 is 0 Å². The summed E-state index contributed by atoms with van der Waals surface area (Å²) >= 11 is 0. The molecule has 0 unspecified atom stereocenters. The summed E-state index contributed by atoms with van der Waals surface area (Å²) in [7, 11) is 0. The minimum atomic E-state index is 0.119. The molecule has 1 spiro atoms. The zero-order valence-corrected chi connectivity index (χ0v) is 9.35. The zero-order valence-electron chi connectivity index (χ0n) is 9.35. The maximum atomic E-state index is 8.28. The SMILES string of the molecule is C[C@@H]1CCCC[C@]12CC[C@@H](CN=[N+]=[N-])O2. The van der Waals surface area contributed by atoms with Crippen LogP contribution < -0.4 is 0 Å². The predicted molar refractivity (Wildman–Crippen MR) is 58.5 cm³/mol. The van der Waals surface area contributed by atoms with Crippen LogP contribution in [0.15, 0.2) is 5.11 Å². The van der Waals surface area contributed by atoms with Crippen LogP contribution in [0, 0.1) is 5.92 Å². The van der Waals surface area contributed by atoms with E-state index in [4.69, 9.17) is 10.3 Å². The monoisotopic (exact) mass is 209 g/mol. The van der Waals surface area contributed by atoms with Crippen molar-refractivity contribution in [3.63, 3.8) is 0 Å². The molecule has 1 aliphatic carbocycles. The molecule has 84 valence electrons. The van der Waals surface area contributed by atoms with Gasteiger partial charge in [-0.25, -0.2) is 0 Å². The number of ether oxygens (including phenoxy) is 1. The summed E-state index contributed by atoms with van der Waals surface area (Å²) in [5.41, 5.74) is 8.40. The van der Waals surface area contributed by atoms with Gasteiger partial charge in [0.15, 0.2) is 0 Å². The van der Waals surface area contributed by atoms with Crippen LogP contribution in [0.25, 0.3) is 10.4 Å². The van der Waals surface area contributed by atoms with Gasteiger partial charge in [0.1, 0.15) is 0 Å². The highest BCUT2D eigenvalue weighted by molar-refractivity contribution is 4.95. The summed E-state index contributed by atoms with van der Waals surface area (Å²) in [5, 5.41) is 3.61. The Balaban J connectivity index is 1.97. The number of rotatable bonds is 2. The van der Waals surface area contributed by atoms with E-state index in [1.54, 1.807) is 0 Å². The molecular formula is C11H19N3O. The topological polar surface area (TPSA) is 58.0 Å². The summed E-state index contributed by atoms with van der Waals surface area (Å²) in [6.07, 6.45) is 7.49. The van der Waals surface area contributed by atoms with E-state index in [1.165, 1.54) is 25.7 Å². The van der Waals surface area contributed by atoms with Gasteiger partial charge in [0.2, 0.25) is 0 Å². The van der Waals surface area contributed by atoms with Gasteiger partial charge in [-0.05, 0) is 37.1 Å². The van der Waals surface area contributed by atoms with E-state index < -0.39 is 0 Å². The highest BCUT2D eigenvalue weighted by Crippen LogP contribution is 2.45. The molecule has 0 amide bonds. The molecule has 3 atom stereocenters. The van der Waals surface area contributed by atoms with Gasteiger partial charge in [-0.3, -0.25) is 0 Å². The lowest BCUT2D eigenvalue weighted by molar-refractivity contribution is -0.0922. The standard InChI is InChI=1S/C11H19N3O/c1-9-4-2-3-6-11(9)7-5-10(15-11)8-13-14-12/h9-10H,2-8H2,1H3/t9-,10+,11+/m1/s1. The smallest absolute Gasteiger partial charge is 0.0712 e. The van der Waals surface area contributed by atoms with Crippen LogP contribution in [0.3, 0.4) is 0 Å². The van der Waals surface area contributed by atoms with E-state index >= 15 is 0 Å². The Hall–Kier alpha value is -0.730. The second-order valence-electron chi connectivity index (χ2n) is 4.90. The number of azide groups is 1. The second kappa shape index (κ2) is 4.42. The number of nitrogens with zero attached hydrogens (tertiary/aromatic N) is 3. The Morgan fingerprint density at radius 2 is 2.27 bits per heavy atom. The van der Waals surface area contributed by atoms with Crippen molar-refractivity contribution in [3.8, 4) is 0 Å². The average Bonchev–Trinajstić information content (AvgIpc) is 2.65. The minimum Gasteiger partial charge on any atom is -0.371 e. The van der Waals surface area contributed by atoms with E-state index in [0.29, 0.717) is 12.5 Å². The molecule has 0 aromatic heterocycles. The first kappa shape index (κ1) is 10.8. The van der Waals surface area contributed by atoms with Crippen molar-refractivity contribution in [1.29, 1.82) is 0 Å². The molecule has 1 aliphatic heterocycles. The molecule has 15 heavy (non-hydrogen) atoms. The quantitative estimate of drug-likeness (QED) is 0.390. The third-order valence-corrected chi connectivity index (χ3v) is 4.02. The van der Waals surface area contributed by atoms with Crippen LogP contribution in [-0.2, 0) is 4.74 Å². The van der Waals surface area contributed by atoms with Gasteiger partial charge in [0.25, 0.3) is 0 Å². The van der Waals surface area contributed by atoms with Gasteiger partial charge in [0.05, 0.1) is 18.2 Å². The lowest BCUT2D eigenvalue weighted by Gasteiger charge is -2.39. The maximum Gasteiger partial charge on any atom is 0.0712 e. The van der Waals surface area contributed by atoms with Crippen molar-refractivity contribution in [3.05, 3.63) is 10.4 Å². The van der Waals surface area contributed by atoms with E-state index in [1.807, 2.05) is 0 Å². The molecule has 2 fully saturated rings. The Kier molecular flexibility index (Phi) is 3.17. The lowest BCUT2D eigenvalue weighted by atomic mass is 9.75. The van der Waals surface area contributed by atoms with Crippen LogP contribution in [0.1, 0.15) is 45.4 Å². The Morgan fingerprint density at radius 1 is 1.40 bits per heavy atom. The van der Waals surface area contributed by atoms with E-state index in [0.717, 1.165) is 12.8 Å². The van der Waals surface area contributed by atoms with Crippen LogP contribution >= 0.6 is 0 Å². The lowest BCUT2D eigenvalue weighted by Crippen LogP contribution is -2.39. The number of hydrogen-bond donors (Lipinski definition) is 0. The predicted octanol–water partition coefficient (Wildman–Crippen LogP) is 3.42. The molecule has 0 aromatic carbocycles. The fourth-order valence-corrected chi connectivity index (χ4v) is 3.04. The molecule has 0 N–H and O–H groups in total. The zero-order chi connectivity index (χ0) is 10.7. The normalized spacial score (nSPS) is 40.3. The summed E-state index contributed by atoms with van der Waals surface area (Å²) in [6.45, 7) is 2.81. The second-order valence-corrected chi connectivity index (χ2v) is 4.90. The van der Waals surface area contributed by atoms with E-state index in [-0.39, 0.29) is 11.7 Å². The first-order valence-corrected chi connectivity index (χ1v) is 5.95. The largest absolute Gasteiger partial charge is 0.371 e. The van der Waals surface area contributed by atoms with Crippen molar-refractivity contribution in [2.75, 3.05) is 6.54 Å². The van der Waals surface area contributed by atoms with Gasteiger partial charge in [-0.1, -0.05) is 24.9 Å². The Morgan fingerprint density at radius 3 is 3.00 bits per heavy atom.